The number of furan rings is 1. The van der Waals surface area contributed by atoms with Gasteiger partial charge in [0.1, 0.15) is 11.2 Å². The molecule has 0 radical (unpaired) electrons. The van der Waals surface area contributed by atoms with Crippen LogP contribution in [0.5, 0.6) is 0 Å². The molecule has 208 valence electrons. The molecule has 10 rings (SSSR count). The Morgan fingerprint density at radius 2 is 0.933 bits per heavy atom. The van der Waals surface area contributed by atoms with E-state index in [0.29, 0.717) is 0 Å². The lowest BCUT2D eigenvalue weighted by atomic mass is 9.89. The van der Waals surface area contributed by atoms with E-state index in [1.807, 2.05) is 0 Å². The first-order valence-corrected chi connectivity index (χ1v) is 15.5. The minimum Gasteiger partial charge on any atom is -0.456 e. The van der Waals surface area contributed by atoms with Crippen LogP contribution in [-0.4, -0.2) is 0 Å². The van der Waals surface area contributed by atoms with E-state index in [9.17, 15) is 0 Å². The summed E-state index contributed by atoms with van der Waals surface area (Å²) >= 11 is 0. The molecule has 1 heteroatoms. The second kappa shape index (κ2) is 9.29. The Balaban J connectivity index is 1.17. The molecule has 0 atom stereocenters. The molecule has 0 aliphatic rings. The van der Waals surface area contributed by atoms with Crippen molar-refractivity contribution in [3.63, 3.8) is 0 Å². The first-order chi connectivity index (χ1) is 22.3. The van der Waals surface area contributed by atoms with Crippen LogP contribution in [0, 0.1) is 0 Å². The van der Waals surface area contributed by atoms with Gasteiger partial charge in [-0.2, -0.15) is 0 Å². The molecule has 0 fully saturated rings. The Kier molecular flexibility index (Phi) is 5.06. The van der Waals surface area contributed by atoms with E-state index in [2.05, 4.69) is 158 Å². The lowest BCUT2D eigenvalue weighted by Gasteiger charge is -2.15. The number of hydrogen-bond donors (Lipinski definition) is 0. The third-order valence-electron chi connectivity index (χ3n) is 9.57. The normalized spacial score (nSPS) is 12.0. The lowest BCUT2D eigenvalue weighted by molar-refractivity contribution is 0.669. The highest BCUT2D eigenvalue weighted by Gasteiger charge is 2.15. The fraction of sp³-hybridized carbons (Fsp3) is 0. The summed E-state index contributed by atoms with van der Waals surface area (Å²) in [6.45, 7) is 0. The molecule has 0 saturated heterocycles. The van der Waals surface area contributed by atoms with Crippen LogP contribution in [0.15, 0.2) is 162 Å². The largest absolute Gasteiger partial charge is 0.456 e. The molecule has 0 amide bonds. The van der Waals surface area contributed by atoms with Gasteiger partial charge in [-0.1, -0.05) is 121 Å². The van der Waals surface area contributed by atoms with Gasteiger partial charge in [-0.3, -0.25) is 0 Å². The summed E-state index contributed by atoms with van der Waals surface area (Å²) in [6.07, 6.45) is 0. The van der Waals surface area contributed by atoms with Crippen molar-refractivity contribution in [2.24, 2.45) is 0 Å². The van der Waals surface area contributed by atoms with Gasteiger partial charge in [-0.05, 0) is 113 Å². The Morgan fingerprint density at radius 1 is 0.311 bits per heavy atom. The molecule has 1 heterocycles. The van der Waals surface area contributed by atoms with Crippen molar-refractivity contribution in [1.82, 2.24) is 0 Å². The standard InChI is InChI=1S/C44H26O/c1-2-10-29-26-42-40(24-28(29)9-1)44-37(14-7-15-41(44)45-42)33-18-16-31-23-34(19-17-30(31)22-33)43-36-13-6-4-11-32(36)25-39-35-12-5-3-8-27(35)20-21-38(39)43/h1-26H. The Morgan fingerprint density at radius 3 is 1.78 bits per heavy atom. The third kappa shape index (κ3) is 3.68. The smallest absolute Gasteiger partial charge is 0.136 e. The molecule has 0 spiro atoms. The molecule has 0 aliphatic heterocycles. The van der Waals surface area contributed by atoms with Crippen LogP contribution in [-0.2, 0) is 0 Å². The van der Waals surface area contributed by atoms with Gasteiger partial charge in [0, 0.05) is 10.8 Å². The molecule has 45 heavy (non-hydrogen) atoms. The quantitative estimate of drug-likeness (QED) is 0.149. The van der Waals surface area contributed by atoms with Crippen LogP contribution in [0.3, 0.4) is 0 Å². The number of benzene rings is 9. The third-order valence-corrected chi connectivity index (χ3v) is 9.57. The van der Waals surface area contributed by atoms with Gasteiger partial charge in [0.05, 0.1) is 0 Å². The summed E-state index contributed by atoms with van der Waals surface area (Å²) in [7, 11) is 0. The van der Waals surface area contributed by atoms with Gasteiger partial charge in [0.15, 0.2) is 0 Å². The monoisotopic (exact) mass is 570 g/mol. The minimum atomic E-state index is 0.920. The van der Waals surface area contributed by atoms with Crippen molar-refractivity contribution in [2.75, 3.05) is 0 Å². The van der Waals surface area contributed by atoms with Crippen LogP contribution in [0.1, 0.15) is 0 Å². The van der Waals surface area contributed by atoms with E-state index in [-0.39, 0.29) is 0 Å². The van der Waals surface area contributed by atoms with Gasteiger partial charge in [0.2, 0.25) is 0 Å². The predicted molar refractivity (Wildman–Crippen MR) is 192 cm³/mol. The van der Waals surface area contributed by atoms with Crippen molar-refractivity contribution in [2.45, 2.75) is 0 Å². The highest BCUT2D eigenvalue weighted by molar-refractivity contribution is 6.21. The number of rotatable bonds is 2. The Labute approximate surface area is 259 Å². The summed E-state index contributed by atoms with van der Waals surface area (Å²) in [5.74, 6) is 0. The molecule has 1 aromatic heterocycles. The second-order valence-electron chi connectivity index (χ2n) is 12.1. The maximum absolute atomic E-state index is 6.37. The molecule has 1 nitrogen and oxygen atoms in total. The van der Waals surface area contributed by atoms with E-state index in [4.69, 9.17) is 4.42 Å². The molecule has 9 aromatic carbocycles. The molecule has 0 unspecified atom stereocenters. The SMILES string of the molecule is c1ccc2cc3c(cc2c1)oc1cccc(-c2ccc4cc(-c5c6ccccc6cc6c5ccc5ccccc56)ccc4c2)c13. The van der Waals surface area contributed by atoms with Gasteiger partial charge < -0.3 is 4.42 Å². The Bertz CT molecular complexity index is 2820. The average molecular weight is 571 g/mol. The first-order valence-electron chi connectivity index (χ1n) is 15.5. The van der Waals surface area contributed by atoms with Crippen molar-refractivity contribution in [3.8, 4) is 22.3 Å². The van der Waals surface area contributed by atoms with Crippen LogP contribution in [0.25, 0.3) is 98.1 Å². The summed E-state index contributed by atoms with van der Waals surface area (Å²) in [5.41, 5.74) is 6.77. The molecule has 0 N–H and O–H groups in total. The maximum atomic E-state index is 6.37. The maximum Gasteiger partial charge on any atom is 0.136 e. The lowest BCUT2D eigenvalue weighted by Crippen LogP contribution is -1.88. The van der Waals surface area contributed by atoms with Crippen molar-refractivity contribution in [1.29, 1.82) is 0 Å². The zero-order chi connectivity index (χ0) is 29.5. The number of fused-ring (bicyclic) bond motifs is 9. The van der Waals surface area contributed by atoms with E-state index in [1.54, 1.807) is 0 Å². The molecular formula is C44H26O. The van der Waals surface area contributed by atoms with Gasteiger partial charge in [-0.15, -0.1) is 0 Å². The fourth-order valence-corrected chi connectivity index (χ4v) is 7.45. The van der Waals surface area contributed by atoms with Gasteiger partial charge >= 0.3 is 0 Å². The van der Waals surface area contributed by atoms with Gasteiger partial charge in [-0.25, -0.2) is 0 Å². The van der Waals surface area contributed by atoms with Crippen LogP contribution in [0.4, 0.5) is 0 Å². The summed E-state index contributed by atoms with van der Waals surface area (Å²) in [4.78, 5) is 0. The van der Waals surface area contributed by atoms with Crippen molar-refractivity contribution >= 4 is 75.8 Å². The highest BCUT2D eigenvalue weighted by atomic mass is 16.3. The van der Waals surface area contributed by atoms with Crippen molar-refractivity contribution < 1.29 is 4.42 Å². The van der Waals surface area contributed by atoms with E-state index in [1.165, 1.54) is 81.5 Å². The highest BCUT2D eigenvalue weighted by Crippen LogP contribution is 2.42. The Hall–Kier alpha value is -5.92. The minimum absolute atomic E-state index is 0.920. The topological polar surface area (TPSA) is 13.1 Å². The van der Waals surface area contributed by atoms with Crippen molar-refractivity contribution in [3.05, 3.63) is 158 Å². The van der Waals surface area contributed by atoms with Crippen LogP contribution >= 0.6 is 0 Å². The molecule has 0 aliphatic carbocycles. The van der Waals surface area contributed by atoms with E-state index in [0.717, 1.165) is 16.6 Å². The average Bonchev–Trinajstić information content (AvgIpc) is 3.46. The molecule has 0 saturated carbocycles. The zero-order valence-corrected chi connectivity index (χ0v) is 24.4. The second-order valence-corrected chi connectivity index (χ2v) is 12.1. The summed E-state index contributed by atoms with van der Waals surface area (Å²) in [5, 5.41) is 14.9. The van der Waals surface area contributed by atoms with Crippen LogP contribution in [0.2, 0.25) is 0 Å². The summed E-state index contributed by atoms with van der Waals surface area (Å²) in [6, 6.07) is 57.5. The molecule has 10 aromatic rings. The van der Waals surface area contributed by atoms with E-state index >= 15 is 0 Å². The zero-order valence-electron chi connectivity index (χ0n) is 24.4. The molecule has 0 bridgehead atoms. The number of hydrogen-bond acceptors (Lipinski definition) is 1. The van der Waals surface area contributed by atoms with Crippen LogP contribution < -0.4 is 0 Å². The van der Waals surface area contributed by atoms with E-state index < -0.39 is 0 Å². The summed E-state index contributed by atoms with van der Waals surface area (Å²) < 4.78 is 6.37. The fourth-order valence-electron chi connectivity index (χ4n) is 7.45. The predicted octanol–water partition coefficient (Wildman–Crippen LogP) is 12.7. The first kappa shape index (κ1) is 24.5. The van der Waals surface area contributed by atoms with Gasteiger partial charge in [0.25, 0.3) is 0 Å². The molecular weight excluding hydrogens is 544 g/mol.